The fraction of sp³-hybridized carbons (Fsp3) is 0.227. The van der Waals surface area contributed by atoms with E-state index in [-0.39, 0.29) is 24.6 Å². The zero-order valence-electron chi connectivity index (χ0n) is 17.8. The van der Waals surface area contributed by atoms with Gasteiger partial charge in [0.15, 0.2) is 0 Å². The molecule has 1 atom stereocenters. The standard InChI is InChI=1S/C22H20ClN5O5/c1-12-9-15(28(31)32)7-8-16(12)24-19(29)10-18-22(30)25-21-20(13-3-5-14(23)6-4-13)17(11-33-2)26-27(18)21/h3-9,18H,10-11H2,1-2H3,(H,24,29)(H,25,30). The summed E-state index contributed by atoms with van der Waals surface area (Å²) < 4.78 is 6.77. The van der Waals surface area contributed by atoms with E-state index in [4.69, 9.17) is 16.3 Å². The molecule has 1 aromatic heterocycles. The van der Waals surface area contributed by atoms with Crippen LogP contribution in [0.3, 0.4) is 0 Å². The molecule has 0 spiro atoms. The summed E-state index contributed by atoms with van der Waals surface area (Å²) in [5.41, 5.74) is 3.04. The van der Waals surface area contributed by atoms with Crippen LogP contribution in [0.15, 0.2) is 42.5 Å². The van der Waals surface area contributed by atoms with E-state index in [1.54, 1.807) is 26.2 Å². The number of carbonyl (C=O) groups excluding carboxylic acids is 2. The van der Waals surface area contributed by atoms with Crippen LogP contribution >= 0.6 is 11.6 Å². The van der Waals surface area contributed by atoms with Gasteiger partial charge in [-0.3, -0.25) is 19.7 Å². The number of nitro benzene ring substituents is 1. The van der Waals surface area contributed by atoms with Crippen LogP contribution in [0.1, 0.15) is 23.7 Å². The fourth-order valence-corrected chi connectivity index (χ4v) is 3.88. The Labute approximate surface area is 193 Å². The van der Waals surface area contributed by atoms with Crippen molar-refractivity contribution >= 4 is 40.6 Å². The van der Waals surface area contributed by atoms with Gasteiger partial charge in [0, 0.05) is 35.5 Å². The fourth-order valence-electron chi connectivity index (χ4n) is 3.75. The molecule has 11 heteroatoms. The number of fused-ring (bicyclic) bond motifs is 1. The molecule has 2 amide bonds. The number of amides is 2. The molecule has 0 fully saturated rings. The Morgan fingerprint density at radius 3 is 2.67 bits per heavy atom. The first-order valence-electron chi connectivity index (χ1n) is 10.0. The minimum atomic E-state index is -0.852. The van der Waals surface area contributed by atoms with Gasteiger partial charge in [0.2, 0.25) is 5.91 Å². The summed E-state index contributed by atoms with van der Waals surface area (Å²) in [7, 11) is 1.55. The first kappa shape index (κ1) is 22.4. The van der Waals surface area contributed by atoms with E-state index in [0.717, 1.165) is 5.56 Å². The number of anilines is 2. The van der Waals surface area contributed by atoms with Crippen LogP contribution < -0.4 is 10.6 Å². The van der Waals surface area contributed by atoms with Gasteiger partial charge in [0.1, 0.15) is 11.9 Å². The third kappa shape index (κ3) is 4.43. The first-order chi connectivity index (χ1) is 15.8. The van der Waals surface area contributed by atoms with E-state index in [9.17, 15) is 19.7 Å². The number of nitrogens with zero attached hydrogens (tertiary/aromatic N) is 3. The van der Waals surface area contributed by atoms with E-state index in [2.05, 4.69) is 15.7 Å². The molecular formula is C22H20ClN5O5. The summed E-state index contributed by atoms with van der Waals surface area (Å²) in [5, 5.41) is 21.6. The topological polar surface area (TPSA) is 128 Å². The lowest BCUT2D eigenvalue weighted by molar-refractivity contribution is -0.384. The molecule has 0 radical (unpaired) electrons. The van der Waals surface area contributed by atoms with Crippen LogP contribution in [-0.4, -0.2) is 33.6 Å². The van der Waals surface area contributed by atoms with Crippen molar-refractivity contribution in [2.75, 3.05) is 17.7 Å². The van der Waals surface area contributed by atoms with Gasteiger partial charge in [-0.05, 0) is 36.2 Å². The van der Waals surface area contributed by atoms with Crippen molar-refractivity contribution < 1.29 is 19.2 Å². The maximum Gasteiger partial charge on any atom is 0.269 e. The van der Waals surface area contributed by atoms with E-state index < -0.39 is 16.9 Å². The van der Waals surface area contributed by atoms with Gasteiger partial charge in [-0.2, -0.15) is 5.10 Å². The molecule has 0 bridgehead atoms. The Bertz CT molecular complexity index is 1250. The van der Waals surface area contributed by atoms with Crippen LogP contribution in [0, 0.1) is 17.0 Å². The minimum absolute atomic E-state index is 0.0674. The molecule has 1 aliphatic heterocycles. The van der Waals surface area contributed by atoms with Crippen molar-refractivity contribution in [3.8, 4) is 11.1 Å². The number of benzene rings is 2. The van der Waals surface area contributed by atoms with Crippen LogP contribution in [0.25, 0.3) is 11.1 Å². The smallest absolute Gasteiger partial charge is 0.269 e. The first-order valence-corrected chi connectivity index (χ1v) is 10.4. The van der Waals surface area contributed by atoms with E-state index >= 15 is 0 Å². The highest BCUT2D eigenvalue weighted by Gasteiger charge is 2.37. The summed E-state index contributed by atoms with van der Waals surface area (Å²) in [6, 6.07) is 10.4. The van der Waals surface area contributed by atoms with E-state index in [0.29, 0.717) is 33.3 Å². The van der Waals surface area contributed by atoms with Crippen molar-refractivity contribution in [2.45, 2.75) is 26.0 Å². The number of ether oxygens (including phenoxy) is 1. The lowest BCUT2D eigenvalue weighted by Crippen LogP contribution is -2.24. The number of nitro groups is 1. The Hall–Kier alpha value is -3.76. The second-order valence-corrected chi connectivity index (χ2v) is 8.00. The molecule has 10 nitrogen and oxygen atoms in total. The van der Waals surface area contributed by atoms with Crippen LogP contribution in [-0.2, 0) is 20.9 Å². The third-order valence-electron chi connectivity index (χ3n) is 5.31. The number of aromatic nitrogens is 2. The molecule has 170 valence electrons. The SMILES string of the molecule is COCc1nn2c(c1-c1ccc(Cl)cc1)NC(=O)C2CC(=O)Nc1ccc([N+](=O)[O-])cc1C. The molecule has 0 aliphatic carbocycles. The van der Waals surface area contributed by atoms with Crippen molar-refractivity contribution in [2.24, 2.45) is 0 Å². The number of hydrogen-bond acceptors (Lipinski definition) is 6. The molecule has 4 rings (SSSR count). The Kier molecular flexibility index (Phi) is 6.12. The maximum absolute atomic E-state index is 12.7. The number of aryl methyl sites for hydroxylation is 1. The van der Waals surface area contributed by atoms with Crippen molar-refractivity contribution in [3.63, 3.8) is 0 Å². The Morgan fingerprint density at radius 2 is 2.03 bits per heavy atom. The summed E-state index contributed by atoms with van der Waals surface area (Å²) in [6.07, 6.45) is -0.163. The summed E-state index contributed by atoms with van der Waals surface area (Å²) >= 11 is 6.00. The summed E-state index contributed by atoms with van der Waals surface area (Å²) in [6.45, 7) is 1.88. The average Bonchev–Trinajstić information content (AvgIpc) is 3.25. The van der Waals surface area contributed by atoms with E-state index in [1.807, 2.05) is 12.1 Å². The molecule has 0 saturated heterocycles. The highest BCUT2D eigenvalue weighted by atomic mass is 35.5. The summed E-state index contributed by atoms with van der Waals surface area (Å²) in [5.74, 6) is -0.289. The lowest BCUT2D eigenvalue weighted by atomic mass is 10.1. The van der Waals surface area contributed by atoms with Crippen molar-refractivity contribution in [1.29, 1.82) is 0 Å². The number of carbonyl (C=O) groups is 2. The highest BCUT2D eigenvalue weighted by molar-refractivity contribution is 6.30. The molecule has 2 N–H and O–H groups in total. The predicted molar refractivity (Wildman–Crippen MR) is 122 cm³/mol. The van der Waals surface area contributed by atoms with Gasteiger partial charge in [0.05, 0.1) is 23.6 Å². The highest BCUT2D eigenvalue weighted by Crippen LogP contribution is 2.39. The molecular weight excluding hydrogens is 450 g/mol. The number of nitrogens with one attached hydrogen (secondary N) is 2. The largest absolute Gasteiger partial charge is 0.378 e. The van der Waals surface area contributed by atoms with Gasteiger partial charge >= 0.3 is 0 Å². The second-order valence-electron chi connectivity index (χ2n) is 7.57. The van der Waals surface area contributed by atoms with Crippen molar-refractivity contribution in [1.82, 2.24) is 9.78 Å². The van der Waals surface area contributed by atoms with Crippen molar-refractivity contribution in [3.05, 3.63) is 68.9 Å². The predicted octanol–water partition coefficient (Wildman–Crippen LogP) is 4.09. The normalized spacial score (nSPS) is 14.6. The molecule has 33 heavy (non-hydrogen) atoms. The zero-order chi connectivity index (χ0) is 23.7. The zero-order valence-corrected chi connectivity index (χ0v) is 18.5. The summed E-state index contributed by atoms with van der Waals surface area (Å²) in [4.78, 5) is 35.8. The van der Waals surface area contributed by atoms with E-state index in [1.165, 1.54) is 22.9 Å². The minimum Gasteiger partial charge on any atom is -0.378 e. The maximum atomic E-state index is 12.7. The lowest BCUT2D eigenvalue weighted by Gasteiger charge is -2.11. The average molecular weight is 470 g/mol. The number of non-ortho nitro benzene ring substituents is 1. The monoisotopic (exact) mass is 469 g/mol. The van der Waals surface area contributed by atoms with Gasteiger partial charge in [-0.25, -0.2) is 4.68 Å². The van der Waals surface area contributed by atoms with Crippen LogP contribution in [0.4, 0.5) is 17.2 Å². The Morgan fingerprint density at radius 1 is 1.30 bits per heavy atom. The molecule has 2 aromatic carbocycles. The quantitative estimate of drug-likeness (QED) is 0.396. The molecule has 1 unspecified atom stereocenters. The molecule has 3 aromatic rings. The third-order valence-corrected chi connectivity index (χ3v) is 5.56. The Balaban J connectivity index is 1.59. The molecule has 1 aliphatic rings. The van der Waals surface area contributed by atoms with Gasteiger partial charge in [0.25, 0.3) is 11.6 Å². The number of hydrogen-bond donors (Lipinski definition) is 2. The number of rotatable bonds is 7. The van der Waals surface area contributed by atoms with Gasteiger partial charge in [-0.15, -0.1) is 0 Å². The molecule has 2 heterocycles. The van der Waals surface area contributed by atoms with Crippen LogP contribution in [0.2, 0.25) is 5.02 Å². The van der Waals surface area contributed by atoms with Gasteiger partial charge < -0.3 is 15.4 Å². The van der Waals surface area contributed by atoms with Gasteiger partial charge in [-0.1, -0.05) is 23.7 Å². The second kappa shape index (κ2) is 9.00. The van der Waals surface area contributed by atoms with Crippen LogP contribution in [0.5, 0.6) is 0 Å². The number of methoxy groups -OCH3 is 1. The number of halogens is 1. The molecule has 0 saturated carbocycles.